The number of fused-ring (bicyclic) bond motifs is 4. The number of aromatic nitrogens is 1. The number of hydrogen-bond donors (Lipinski definition) is 0. The molecule has 0 unspecified atom stereocenters. The maximum Gasteiger partial charge on any atom is 0.362 e. The van der Waals surface area contributed by atoms with E-state index >= 15 is 0 Å². The van der Waals surface area contributed by atoms with E-state index in [1.54, 1.807) is 16.7 Å². The minimum absolute atomic E-state index is 0.0990. The van der Waals surface area contributed by atoms with Crippen molar-refractivity contribution in [3.05, 3.63) is 83.1 Å². The number of hydrogen-bond acceptors (Lipinski definition) is 3. The standard InChI is InChI=1S/C22H13F2NO3/c23-14-5-4-12-2-1-3-13(16(12)8-14)11-25-19-7-6-15(24)9-17(19)18-10-20(26)28-22(27)21(18)25/h1-9H,10-11H2. The van der Waals surface area contributed by atoms with Crippen molar-refractivity contribution in [2.45, 2.75) is 13.0 Å². The summed E-state index contributed by atoms with van der Waals surface area (Å²) in [6.45, 7) is 0.252. The molecule has 2 heterocycles. The fraction of sp³-hybridized carbons (Fsp3) is 0.0909. The zero-order valence-corrected chi connectivity index (χ0v) is 14.5. The number of carbonyl (C=O) groups excluding carboxylic acids is 2. The predicted molar refractivity (Wildman–Crippen MR) is 99.0 cm³/mol. The molecule has 0 radical (unpaired) electrons. The number of halogens is 2. The minimum Gasteiger partial charge on any atom is -0.388 e. The van der Waals surface area contributed by atoms with Gasteiger partial charge in [0.1, 0.15) is 17.3 Å². The lowest BCUT2D eigenvalue weighted by Crippen LogP contribution is -2.25. The Hall–Kier alpha value is -3.54. The van der Waals surface area contributed by atoms with Gasteiger partial charge in [-0.2, -0.15) is 0 Å². The third kappa shape index (κ3) is 2.49. The second-order valence-corrected chi connectivity index (χ2v) is 6.80. The molecule has 6 heteroatoms. The van der Waals surface area contributed by atoms with Crippen LogP contribution < -0.4 is 0 Å². The smallest absolute Gasteiger partial charge is 0.362 e. The molecule has 0 atom stereocenters. The SMILES string of the molecule is O=C1Cc2c(n(Cc3cccc4ccc(F)cc34)c3ccc(F)cc23)C(=O)O1. The van der Waals surface area contributed by atoms with Crippen LogP contribution >= 0.6 is 0 Å². The van der Waals surface area contributed by atoms with Gasteiger partial charge in [0.2, 0.25) is 0 Å². The number of esters is 2. The summed E-state index contributed by atoms with van der Waals surface area (Å²) in [7, 11) is 0. The van der Waals surface area contributed by atoms with Gasteiger partial charge >= 0.3 is 11.9 Å². The van der Waals surface area contributed by atoms with Crippen LogP contribution in [-0.2, 0) is 22.5 Å². The first-order chi connectivity index (χ1) is 13.5. The van der Waals surface area contributed by atoms with Crippen molar-refractivity contribution in [1.29, 1.82) is 0 Å². The Bertz CT molecular complexity index is 1310. The number of benzene rings is 3. The van der Waals surface area contributed by atoms with Crippen LogP contribution in [-0.4, -0.2) is 16.5 Å². The lowest BCUT2D eigenvalue weighted by Gasteiger charge is -2.15. The minimum atomic E-state index is -0.755. The first-order valence-electron chi connectivity index (χ1n) is 8.74. The van der Waals surface area contributed by atoms with Crippen LogP contribution in [0.15, 0.2) is 54.6 Å². The van der Waals surface area contributed by atoms with Gasteiger partial charge in [-0.05, 0) is 46.7 Å². The lowest BCUT2D eigenvalue weighted by molar-refractivity contribution is -0.137. The number of ether oxygens (including phenoxy) is 1. The van der Waals surface area contributed by atoms with E-state index in [9.17, 15) is 18.4 Å². The molecule has 3 aromatic carbocycles. The summed E-state index contributed by atoms with van der Waals surface area (Å²) in [5.74, 6) is -2.22. The van der Waals surface area contributed by atoms with Crippen molar-refractivity contribution in [2.24, 2.45) is 0 Å². The fourth-order valence-electron chi connectivity index (χ4n) is 3.92. The van der Waals surface area contributed by atoms with E-state index < -0.39 is 17.8 Å². The van der Waals surface area contributed by atoms with Crippen molar-refractivity contribution in [2.75, 3.05) is 0 Å². The van der Waals surface area contributed by atoms with Crippen molar-refractivity contribution < 1.29 is 23.1 Å². The molecule has 4 nitrogen and oxygen atoms in total. The number of nitrogens with zero attached hydrogens (tertiary/aromatic N) is 1. The van der Waals surface area contributed by atoms with Crippen molar-refractivity contribution in [1.82, 2.24) is 4.57 Å². The van der Waals surface area contributed by atoms with Crippen LogP contribution in [0.1, 0.15) is 21.6 Å². The molecule has 28 heavy (non-hydrogen) atoms. The third-order valence-corrected chi connectivity index (χ3v) is 5.11. The molecule has 0 amide bonds. The van der Waals surface area contributed by atoms with Gasteiger partial charge in [0.25, 0.3) is 0 Å². The van der Waals surface area contributed by atoms with E-state index in [4.69, 9.17) is 4.74 Å². The molecule has 0 spiro atoms. The lowest BCUT2D eigenvalue weighted by atomic mass is 10.0. The van der Waals surface area contributed by atoms with Gasteiger partial charge in [0.05, 0.1) is 6.42 Å². The van der Waals surface area contributed by atoms with Crippen molar-refractivity contribution >= 4 is 33.6 Å². The fourth-order valence-corrected chi connectivity index (χ4v) is 3.92. The van der Waals surface area contributed by atoms with Crippen molar-refractivity contribution in [3.63, 3.8) is 0 Å². The van der Waals surface area contributed by atoms with Gasteiger partial charge in [-0.15, -0.1) is 0 Å². The van der Waals surface area contributed by atoms with Crippen LogP contribution in [0.2, 0.25) is 0 Å². The quantitative estimate of drug-likeness (QED) is 0.385. The highest BCUT2D eigenvalue weighted by Crippen LogP contribution is 2.32. The highest BCUT2D eigenvalue weighted by molar-refractivity contribution is 6.07. The molecule has 0 saturated heterocycles. The third-order valence-electron chi connectivity index (χ3n) is 5.11. The maximum absolute atomic E-state index is 13.8. The molecule has 138 valence electrons. The Morgan fingerprint density at radius 3 is 2.50 bits per heavy atom. The van der Waals surface area contributed by atoms with Crippen LogP contribution in [0, 0.1) is 11.6 Å². The van der Waals surface area contributed by atoms with Crippen LogP contribution in [0.5, 0.6) is 0 Å². The van der Waals surface area contributed by atoms with Gasteiger partial charge in [-0.25, -0.2) is 13.6 Å². The Morgan fingerprint density at radius 2 is 1.68 bits per heavy atom. The molecular formula is C22H13F2NO3. The first-order valence-corrected chi connectivity index (χ1v) is 8.74. The molecule has 1 aromatic heterocycles. The molecule has 0 fully saturated rings. The first kappa shape index (κ1) is 16.6. The molecule has 0 bridgehead atoms. The average molecular weight is 377 g/mol. The topological polar surface area (TPSA) is 48.3 Å². The summed E-state index contributed by atoms with van der Waals surface area (Å²) in [4.78, 5) is 24.2. The van der Waals surface area contributed by atoms with Crippen LogP contribution in [0.4, 0.5) is 8.78 Å². The van der Waals surface area contributed by atoms with E-state index in [2.05, 4.69) is 0 Å². The van der Waals surface area contributed by atoms with E-state index in [-0.39, 0.29) is 24.5 Å². The summed E-state index contributed by atoms with van der Waals surface area (Å²) < 4.78 is 34.2. The van der Waals surface area contributed by atoms with E-state index in [0.717, 1.165) is 16.3 Å². The number of carbonyl (C=O) groups is 2. The van der Waals surface area contributed by atoms with Crippen molar-refractivity contribution in [3.8, 4) is 0 Å². The van der Waals surface area contributed by atoms with E-state index in [1.807, 2.05) is 18.2 Å². The summed E-state index contributed by atoms with van der Waals surface area (Å²) in [5, 5.41) is 2.10. The molecule has 5 rings (SSSR count). The predicted octanol–water partition coefficient (Wildman–Crippen LogP) is 4.36. The van der Waals surface area contributed by atoms with E-state index in [0.29, 0.717) is 16.5 Å². The normalized spacial score (nSPS) is 13.8. The van der Waals surface area contributed by atoms with Gasteiger partial charge in [-0.3, -0.25) is 4.79 Å². The van der Waals surface area contributed by atoms with Crippen LogP contribution in [0.25, 0.3) is 21.7 Å². The second-order valence-electron chi connectivity index (χ2n) is 6.80. The van der Waals surface area contributed by atoms with Crippen LogP contribution in [0.3, 0.4) is 0 Å². The molecular weight excluding hydrogens is 364 g/mol. The summed E-state index contributed by atoms with van der Waals surface area (Å²) in [6, 6.07) is 14.3. The van der Waals surface area contributed by atoms with Gasteiger partial charge in [-0.1, -0.05) is 24.3 Å². The zero-order valence-electron chi connectivity index (χ0n) is 14.5. The monoisotopic (exact) mass is 377 g/mol. The Balaban J connectivity index is 1.77. The Labute approximate surface area is 157 Å². The molecule has 1 aliphatic rings. The number of cyclic esters (lactones) is 2. The molecule has 0 N–H and O–H groups in total. The average Bonchev–Trinajstić information content (AvgIpc) is 2.95. The summed E-state index contributed by atoms with van der Waals surface area (Å²) in [6.07, 6.45) is -0.0990. The molecule has 0 saturated carbocycles. The van der Waals surface area contributed by atoms with E-state index in [1.165, 1.54) is 24.3 Å². The highest BCUT2D eigenvalue weighted by Gasteiger charge is 2.32. The molecule has 4 aromatic rings. The molecule has 0 aliphatic carbocycles. The van der Waals surface area contributed by atoms with Gasteiger partial charge in [0, 0.05) is 23.0 Å². The molecule has 1 aliphatic heterocycles. The summed E-state index contributed by atoms with van der Waals surface area (Å²) in [5.41, 5.74) is 2.10. The zero-order chi connectivity index (χ0) is 19.4. The maximum atomic E-state index is 13.8. The number of rotatable bonds is 2. The van der Waals surface area contributed by atoms with Gasteiger partial charge in [0.15, 0.2) is 0 Å². The van der Waals surface area contributed by atoms with Gasteiger partial charge < -0.3 is 9.30 Å². The second kappa shape index (κ2) is 5.99. The largest absolute Gasteiger partial charge is 0.388 e. The Morgan fingerprint density at radius 1 is 0.929 bits per heavy atom. The highest BCUT2D eigenvalue weighted by atomic mass is 19.1. The Kier molecular flexibility index (Phi) is 3.55. The summed E-state index contributed by atoms with van der Waals surface area (Å²) >= 11 is 0.